The molecule has 0 saturated heterocycles. The maximum absolute atomic E-state index is 5.48. The van der Waals surface area contributed by atoms with E-state index in [0.717, 1.165) is 60.7 Å². The minimum Gasteiger partial charge on any atom is -0.493 e. The Kier molecular flexibility index (Phi) is 17.2. The van der Waals surface area contributed by atoms with Crippen molar-refractivity contribution in [3.8, 4) is 23.0 Å². The van der Waals surface area contributed by atoms with Gasteiger partial charge in [0.1, 0.15) is 10.0 Å². The Balaban J connectivity index is 0.000000221. The van der Waals surface area contributed by atoms with Crippen LogP contribution < -0.4 is 24.7 Å². The number of nitrogens with two attached hydrogens (primary N) is 1. The number of aromatic nitrogens is 2. The largest absolute Gasteiger partial charge is 0.493 e. The SMILES string of the molecule is CCCc1ccc2nc(/C=C/c3ccc(OCOC)c(OC)c3)sc2c1.CCN.COCOc1ccc(/C=C/c2nc3ccc(Br)cc3s2)cc1OC. The van der Waals surface area contributed by atoms with E-state index >= 15 is 0 Å². The third-order valence-corrected chi connectivity index (χ3v) is 9.71. The van der Waals surface area contributed by atoms with Gasteiger partial charge in [0.05, 0.1) is 34.7 Å². The van der Waals surface area contributed by atoms with Crippen molar-refractivity contribution in [2.75, 3.05) is 48.6 Å². The lowest BCUT2D eigenvalue weighted by atomic mass is 10.1. The molecular weight excluding hydrogens is 775 g/mol. The van der Waals surface area contributed by atoms with Crippen LogP contribution in [0.15, 0.2) is 77.3 Å². The van der Waals surface area contributed by atoms with Crippen LogP contribution in [0, 0.1) is 0 Å². The number of thiazole rings is 2. The van der Waals surface area contributed by atoms with Crippen molar-refractivity contribution in [1.82, 2.24) is 9.97 Å². The van der Waals surface area contributed by atoms with Crippen molar-refractivity contribution in [3.63, 3.8) is 0 Å². The summed E-state index contributed by atoms with van der Waals surface area (Å²) in [4.78, 5) is 9.30. The van der Waals surface area contributed by atoms with Gasteiger partial charge in [0, 0.05) is 18.7 Å². The molecule has 0 aliphatic rings. The highest BCUT2D eigenvalue weighted by Gasteiger charge is 2.07. The fourth-order valence-corrected chi connectivity index (χ4v) is 7.24. The van der Waals surface area contributed by atoms with Crippen LogP contribution in [0.25, 0.3) is 44.7 Å². The van der Waals surface area contributed by atoms with Crippen LogP contribution in [0.3, 0.4) is 0 Å². The van der Waals surface area contributed by atoms with Crippen LogP contribution in [0.2, 0.25) is 0 Å². The van der Waals surface area contributed by atoms with E-state index in [0.29, 0.717) is 23.0 Å². The zero-order chi connectivity index (χ0) is 38.0. The highest BCUT2D eigenvalue weighted by Crippen LogP contribution is 2.32. The first-order valence-electron chi connectivity index (χ1n) is 17.0. The summed E-state index contributed by atoms with van der Waals surface area (Å²) in [6.07, 6.45) is 10.3. The van der Waals surface area contributed by atoms with E-state index in [1.54, 1.807) is 51.1 Å². The van der Waals surface area contributed by atoms with Gasteiger partial charge in [-0.1, -0.05) is 66.5 Å². The summed E-state index contributed by atoms with van der Waals surface area (Å²) < 4.78 is 35.0. The predicted octanol–water partition coefficient (Wildman–Crippen LogP) is 10.6. The Bertz CT molecular complexity index is 2100. The standard InChI is InChI=1S/C21H23NO3S.C18H16BrNO3S.C2H7N/c1-4-5-15-6-9-17-20(13-15)26-21(22-17)11-8-16-7-10-18(25-14-23-2)19(12-16)24-3;1-21-11-23-15-7-3-12(9-16(15)22-2)4-8-18-20-14-6-5-13(19)10-17(14)24-18;1-2-3/h6-13H,4-5,14H2,1-3H3;3-10H,11H2,1-2H3;2-3H2,1H3/b11-8+;8-4+;. The van der Waals surface area contributed by atoms with Gasteiger partial charge in [-0.25, -0.2) is 9.97 Å². The molecule has 53 heavy (non-hydrogen) atoms. The van der Waals surface area contributed by atoms with E-state index in [4.69, 9.17) is 34.2 Å². The van der Waals surface area contributed by atoms with Crippen LogP contribution in [0.5, 0.6) is 23.0 Å². The number of hydrogen-bond acceptors (Lipinski definition) is 11. The van der Waals surface area contributed by atoms with Crippen molar-refractivity contribution >= 4 is 83.3 Å². The molecule has 0 aliphatic carbocycles. The van der Waals surface area contributed by atoms with Gasteiger partial charge in [0.15, 0.2) is 36.6 Å². The fraction of sp³-hybridized carbons (Fsp3) is 0.268. The molecule has 2 N–H and O–H groups in total. The van der Waals surface area contributed by atoms with Gasteiger partial charge < -0.3 is 34.2 Å². The molecule has 12 heteroatoms. The predicted molar refractivity (Wildman–Crippen MR) is 225 cm³/mol. The molecule has 9 nitrogen and oxygen atoms in total. The number of ether oxygens (including phenoxy) is 6. The zero-order valence-corrected chi connectivity index (χ0v) is 34.1. The third-order valence-electron chi connectivity index (χ3n) is 7.25. The maximum Gasteiger partial charge on any atom is 0.188 e. The molecular formula is C41H46BrN3O6S2. The second-order valence-corrected chi connectivity index (χ2v) is 14.3. The van der Waals surface area contributed by atoms with Crippen molar-refractivity contribution in [2.45, 2.75) is 26.7 Å². The number of aryl methyl sites for hydroxylation is 1. The second-order valence-electron chi connectivity index (χ2n) is 11.3. The molecule has 0 amide bonds. The van der Waals surface area contributed by atoms with Crippen LogP contribution in [0.4, 0.5) is 0 Å². The van der Waals surface area contributed by atoms with Crippen LogP contribution >= 0.6 is 38.6 Å². The Labute approximate surface area is 328 Å². The van der Waals surface area contributed by atoms with E-state index < -0.39 is 0 Å². The van der Waals surface area contributed by atoms with Crippen LogP contribution in [-0.2, 0) is 15.9 Å². The molecule has 2 heterocycles. The number of rotatable bonds is 14. The molecule has 0 fully saturated rings. The maximum atomic E-state index is 5.48. The summed E-state index contributed by atoms with van der Waals surface area (Å²) in [6.45, 7) is 5.23. The Morgan fingerprint density at radius 2 is 1.11 bits per heavy atom. The fourth-order valence-electron chi connectivity index (χ4n) is 4.88. The summed E-state index contributed by atoms with van der Waals surface area (Å²) in [6, 6.07) is 24.2. The van der Waals surface area contributed by atoms with Gasteiger partial charge in [0.25, 0.3) is 0 Å². The minimum absolute atomic E-state index is 0.187. The summed E-state index contributed by atoms with van der Waals surface area (Å²) >= 11 is 6.85. The van der Waals surface area contributed by atoms with E-state index in [1.165, 1.54) is 10.3 Å². The van der Waals surface area contributed by atoms with E-state index in [1.807, 2.05) is 79.8 Å². The lowest BCUT2D eigenvalue weighted by Crippen LogP contribution is -2.00. The molecule has 2 aromatic heterocycles. The Morgan fingerprint density at radius 3 is 1.58 bits per heavy atom. The van der Waals surface area contributed by atoms with Gasteiger partial charge in [-0.2, -0.15) is 0 Å². The highest BCUT2D eigenvalue weighted by molar-refractivity contribution is 9.10. The highest BCUT2D eigenvalue weighted by atomic mass is 79.9. The van der Waals surface area contributed by atoms with Crippen LogP contribution in [0.1, 0.15) is 47.0 Å². The Morgan fingerprint density at radius 1 is 0.623 bits per heavy atom. The average molecular weight is 821 g/mol. The average Bonchev–Trinajstić information content (AvgIpc) is 3.78. The van der Waals surface area contributed by atoms with Crippen molar-refractivity contribution < 1.29 is 28.4 Å². The van der Waals surface area contributed by atoms with Crippen molar-refractivity contribution in [2.24, 2.45) is 5.73 Å². The summed E-state index contributed by atoms with van der Waals surface area (Å²) in [7, 11) is 6.42. The van der Waals surface area contributed by atoms with E-state index in [2.05, 4.69) is 57.1 Å². The zero-order valence-electron chi connectivity index (χ0n) is 30.9. The van der Waals surface area contributed by atoms with Gasteiger partial charge in [-0.15, -0.1) is 22.7 Å². The summed E-state index contributed by atoms with van der Waals surface area (Å²) in [5.74, 6) is 2.66. The van der Waals surface area contributed by atoms with E-state index in [9.17, 15) is 0 Å². The molecule has 6 rings (SSSR count). The van der Waals surface area contributed by atoms with Crippen LogP contribution in [-0.4, -0.2) is 58.5 Å². The monoisotopic (exact) mass is 819 g/mol. The molecule has 0 radical (unpaired) electrons. The third kappa shape index (κ3) is 12.7. The van der Waals surface area contributed by atoms with Gasteiger partial charge >= 0.3 is 0 Å². The molecule has 6 aromatic rings. The number of fused-ring (bicyclic) bond motifs is 2. The minimum atomic E-state index is 0.187. The number of halogens is 1. The van der Waals surface area contributed by atoms with E-state index in [-0.39, 0.29) is 13.6 Å². The molecule has 280 valence electrons. The lowest BCUT2D eigenvalue weighted by molar-refractivity contribution is 0.0490. The van der Waals surface area contributed by atoms with Crippen molar-refractivity contribution in [1.29, 1.82) is 0 Å². The smallest absolute Gasteiger partial charge is 0.188 e. The summed E-state index contributed by atoms with van der Waals surface area (Å²) in [5.41, 5.74) is 10.3. The number of methoxy groups -OCH3 is 4. The molecule has 4 aromatic carbocycles. The first-order valence-corrected chi connectivity index (χ1v) is 19.4. The van der Waals surface area contributed by atoms with Crippen molar-refractivity contribution in [3.05, 3.63) is 104 Å². The molecule has 0 spiro atoms. The topological polar surface area (TPSA) is 107 Å². The molecule has 0 aliphatic heterocycles. The molecule has 0 unspecified atom stereocenters. The quantitative estimate of drug-likeness (QED) is 0.107. The molecule has 0 atom stereocenters. The number of benzene rings is 4. The summed E-state index contributed by atoms with van der Waals surface area (Å²) in [5, 5.41) is 1.95. The van der Waals surface area contributed by atoms with Gasteiger partial charge in [0.2, 0.25) is 0 Å². The Hall–Kier alpha value is -4.30. The van der Waals surface area contributed by atoms with Gasteiger partial charge in [-0.05, 0) is 96.4 Å². The number of nitrogens with zero attached hydrogens (tertiary/aromatic N) is 2. The lowest BCUT2D eigenvalue weighted by Gasteiger charge is -2.10. The first kappa shape index (κ1) is 41.5. The molecule has 0 saturated carbocycles. The van der Waals surface area contributed by atoms with Gasteiger partial charge in [-0.3, -0.25) is 0 Å². The normalized spacial score (nSPS) is 11.0. The molecule has 0 bridgehead atoms. The second kappa shape index (κ2) is 22.0. The first-order chi connectivity index (χ1) is 25.8. The number of hydrogen-bond donors (Lipinski definition) is 1.